The van der Waals surface area contributed by atoms with E-state index in [1.54, 1.807) is 23.3 Å². The summed E-state index contributed by atoms with van der Waals surface area (Å²) in [7, 11) is 0. The van der Waals surface area contributed by atoms with Crippen LogP contribution in [0.15, 0.2) is 61.1 Å². The molecule has 0 aliphatic heterocycles. The highest BCUT2D eigenvalue weighted by molar-refractivity contribution is 5.93. The van der Waals surface area contributed by atoms with E-state index in [4.69, 9.17) is 0 Å². The van der Waals surface area contributed by atoms with E-state index in [2.05, 4.69) is 30.7 Å². The number of imidazole rings is 1. The van der Waals surface area contributed by atoms with Gasteiger partial charge < -0.3 is 15.6 Å². The average Bonchev–Trinajstić information content (AvgIpc) is 3.39. The number of hydrogen-bond acceptors (Lipinski definition) is 5. The van der Waals surface area contributed by atoms with Gasteiger partial charge in [0.15, 0.2) is 0 Å². The van der Waals surface area contributed by atoms with Crippen LogP contribution in [0.3, 0.4) is 0 Å². The van der Waals surface area contributed by atoms with Gasteiger partial charge in [-0.1, -0.05) is 18.2 Å². The maximum atomic E-state index is 12.2. The Hall–Kier alpha value is -3.52. The summed E-state index contributed by atoms with van der Waals surface area (Å²) in [5.41, 5.74) is 3.42. The maximum absolute atomic E-state index is 12.2. The number of nitrogens with one attached hydrogen (secondary N) is 3. The molecular formula is C21H23N7O. The highest BCUT2D eigenvalue weighted by Gasteiger charge is 2.08. The normalized spacial score (nSPS) is 11.0. The van der Waals surface area contributed by atoms with Gasteiger partial charge in [-0.25, -0.2) is 4.98 Å². The fraction of sp³-hybridized carbons (Fsp3) is 0.238. The number of H-pyrrole nitrogens is 1. The van der Waals surface area contributed by atoms with Crippen molar-refractivity contribution in [2.75, 3.05) is 13.1 Å². The van der Waals surface area contributed by atoms with Crippen LogP contribution < -0.4 is 10.6 Å². The minimum Gasteiger partial charge on any atom is -0.346 e. The van der Waals surface area contributed by atoms with Crippen LogP contribution in [0.5, 0.6) is 0 Å². The number of amides is 1. The molecule has 0 fully saturated rings. The molecule has 0 saturated carbocycles. The Kier molecular flexibility index (Phi) is 5.92. The minimum atomic E-state index is -0.153. The standard InChI is InChI=1S/C21H23N7O/c29-21(24-14-17-5-3-4-9-23-17)16-13-25-28(15-16)12-11-22-10-8-20-26-18-6-1-2-7-19(18)27-20/h1-7,9,13,15,22H,8,10-12,14H2,(H,24,29)(H,26,27). The Balaban J connectivity index is 1.17. The second kappa shape index (κ2) is 9.11. The Morgan fingerprint density at radius 1 is 1.10 bits per heavy atom. The lowest BCUT2D eigenvalue weighted by atomic mass is 10.3. The van der Waals surface area contributed by atoms with Crippen molar-refractivity contribution in [1.82, 2.24) is 35.4 Å². The molecule has 4 rings (SSSR count). The number of nitrogens with zero attached hydrogens (tertiary/aromatic N) is 4. The zero-order chi connectivity index (χ0) is 19.9. The van der Waals surface area contributed by atoms with E-state index >= 15 is 0 Å². The van der Waals surface area contributed by atoms with Crippen LogP contribution in [0.1, 0.15) is 21.9 Å². The van der Waals surface area contributed by atoms with Gasteiger partial charge in [0.2, 0.25) is 0 Å². The van der Waals surface area contributed by atoms with Crippen LogP contribution >= 0.6 is 0 Å². The number of benzene rings is 1. The summed E-state index contributed by atoms with van der Waals surface area (Å²) in [4.78, 5) is 24.3. The summed E-state index contributed by atoms with van der Waals surface area (Å²) in [6, 6.07) is 13.6. The van der Waals surface area contributed by atoms with Crippen LogP contribution in [-0.2, 0) is 19.5 Å². The zero-order valence-corrected chi connectivity index (χ0v) is 16.0. The molecule has 0 radical (unpaired) electrons. The number of fused-ring (bicyclic) bond motifs is 1. The average molecular weight is 389 g/mol. The number of aromatic amines is 1. The summed E-state index contributed by atoms with van der Waals surface area (Å²) in [5, 5.41) is 10.5. The third-order valence-corrected chi connectivity index (χ3v) is 4.55. The van der Waals surface area contributed by atoms with Gasteiger partial charge in [0.1, 0.15) is 5.82 Å². The molecular weight excluding hydrogens is 366 g/mol. The molecule has 0 aliphatic carbocycles. The van der Waals surface area contributed by atoms with Gasteiger partial charge in [0, 0.05) is 31.9 Å². The molecule has 0 bridgehead atoms. The topological polar surface area (TPSA) is 101 Å². The molecule has 4 aromatic rings. The Labute approximate surface area is 168 Å². The van der Waals surface area contributed by atoms with Gasteiger partial charge in [0.05, 0.1) is 41.6 Å². The predicted octanol–water partition coefficient (Wildman–Crippen LogP) is 1.92. The number of carbonyl (C=O) groups is 1. The number of para-hydroxylation sites is 2. The lowest BCUT2D eigenvalue weighted by Crippen LogP contribution is -2.23. The molecule has 0 spiro atoms. The van der Waals surface area contributed by atoms with Gasteiger partial charge in [-0.3, -0.25) is 14.5 Å². The Morgan fingerprint density at radius 2 is 2.00 bits per heavy atom. The van der Waals surface area contributed by atoms with Crippen molar-refractivity contribution in [1.29, 1.82) is 0 Å². The first kappa shape index (κ1) is 18.8. The van der Waals surface area contributed by atoms with E-state index in [1.807, 2.05) is 42.5 Å². The summed E-state index contributed by atoms with van der Waals surface area (Å²) < 4.78 is 1.77. The monoisotopic (exact) mass is 389 g/mol. The zero-order valence-electron chi connectivity index (χ0n) is 16.0. The predicted molar refractivity (Wildman–Crippen MR) is 110 cm³/mol. The van der Waals surface area contributed by atoms with Crippen LogP contribution in [0.25, 0.3) is 11.0 Å². The quantitative estimate of drug-likeness (QED) is 0.380. The summed E-state index contributed by atoms with van der Waals surface area (Å²) in [6.07, 6.45) is 5.88. The fourth-order valence-corrected chi connectivity index (χ4v) is 3.03. The molecule has 0 unspecified atom stereocenters. The van der Waals surface area contributed by atoms with Crippen LogP contribution in [-0.4, -0.2) is 43.7 Å². The molecule has 1 amide bonds. The number of pyridine rings is 1. The second-order valence-corrected chi connectivity index (χ2v) is 6.70. The fourth-order valence-electron chi connectivity index (χ4n) is 3.03. The van der Waals surface area contributed by atoms with Crippen molar-refractivity contribution in [3.63, 3.8) is 0 Å². The van der Waals surface area contributed by atoms with E-state index in [0.717, 1.165) is 42.1 Å². The summed E-state index contributed by atoms with van der Waals surface area (Å²) in [5.74, 6) is 0.824. The number of carbonyl (C=O) groups excluding carboxylic acids is 1. The molecule has 29 heavy (non-hydrogen) atoms. The van der Waals surface area contributed by atoms with E-state index in [1.165, 1.54) is 0 Å². The first-order valence-corrected chi connectivity index (χ1v) is 9.63. The van der Waals surface area contributed by atoms with Gasteiger partial charge >= 0.3 is 0 Å². The smallest absolute Gasteiger partial charge is 0.254 e. The SMILES string of the molecule is O=C(NCc1ccccn1)c1cnn(CCNCCc2nc3ccccc3[nH]2)c1. The molecule has 1 aromatic carbocycles. The Morgan fingerprint density at radius 3 is 2.86 bits per heavy atom. The molecule has 3 N–H and O–H groups in total. The molecule has 0 atom stereocenters. The lowest BCUT2D eigenvalue weighted by Gasteiger charge is -2.04. The van der Waals surface area contributed by atoms with Crippen molar-refractivity contribution in [3.05, 3.63) is 78.1 Å². The largest absolute Gasteiger partial charge is 0.346 e. The first-order valence-electron chi connectivity index (χ1n) is 9.63. The summed E-state index contributed by atoms with van der Waals surface area (Å²) in [6.45, 7) is 2.66. The molecule has 8 nitrogen and oxygen atoms in total. The first-order chi connectivity index (χ1) is 14.3. The third-order valence-electron chi connectivity index (χ3n) is 4.55. The van der Waals surface area contributed by atoms with Gasteiger partial charge in [-0.15, -0.1) is 0 Å². The van der Waals surface area contributed by atoms with Crippen molar-refractivity contribution in [2.24, 2.45) is 0 Å². The van der Waals surface area contributed by atoms with E-state index < -0.39 is 0 Å². The van der Waals surface area contributed by atoms with Gasteiger partial charge in [-0.05, 0) is 24.3 Å². The molecule has 148 valence electrons. The van der Waals surface area contributed by atoms with E-state index in [0.29, 0.717) is 18.7 Å². The molecule has 0 aliphatic rings. The minimum absolute atomic E-state index is 0.153. The Bertz CT molecular complexity index is 1040. The van der Waals surface area contributed by atoms with Crippen LogP contribution in [0.4, 0.5) is 0 Å². The van der Waals surface area contributed by atoms with Crippen molar-refractivity contribution >= 4 is 16.9 Å². The molecule has 8 heteroatoms. The van der Waals surface area contributed by atoms with Crippen LogP contribution in [0, 0.1) is 0 Å². The maximum Gasteiger partial charge on any atom is 0.254 e. The number of hydrogen-bond donors (Lipinski definition) is 3. The number of aromatic nitrogens is 5. The molecule has 3 heterocycles. The molecule has 0 saturated heterocycles. The number of rotatable bonds is 9. The molecule has 3 aromatic heterocycles. The van der Waals surface area contributed by atoms with Gasteiger partial charge in [0.25, 0.3) is 5.91 Å². The van der Waals surface area contributed by atoms with Crippen molar-refractivity contribution < 1.29 is 4.79 Å². The lowest BCUT2D eigenvalue weighted by molar-refractivity contribution is 0.0950. The summed E-state index contributed by atoms with van der Waals surface area (Å²) >= 11 is 0. The van der Waals surface area contributed by atoms with E-state index in [9.17, 15) is 4.79 Å². The van der Waals surface area contributed by atoms with Crippen molar-refractivity contribution in [3.8, 4) is 0 Å². The van der Waals surface area contributed by atoms with Crippen molar-refractivity contribution in [2.45, 2.75) is 19.5 Å². The third kappa shape index (κ3) is 5.05. The van der Waals surface area contributed by atoms with Crippen LogP contribution in [0.2, 0.25) is 0 Å². The van der Waals surface area contributed by atoms with E-state index in [-0.39, 0.29) is 5.91 Å². The highest BCUT2D eigenvalue weighted by atomic mass is 16.1. The van der Waals surface area contributed by atoms with Gasteiger partial charge in [-0.2, -0.15) is 5.10 Å². The highest BCUT2D eigenvalue weighted by Crippen LogP contribution is 2.10. The second-order valence-electron chi connectivity index (χ2n) is 6.70.